The monoisotopic (exact) mass is 211 g/mol. The lowest BCUT2D eigenvalue weighted by Crippen LogP contribution is -2.21. The highest BCUT2D eigenvalue weighted by molar-refractivity contribution is 5.21. The summed E-state index contributed by atoms with van der Waals surface area (Å²) >= 11 is 0. The molecule has 1 rings (SSSR count). The Morgan fingerprint density at radius 1 is 1.40 bits per heavy atom. The van der Waals surface area contributed by atoms with Gasteiger partial charge in [-0.3, -0.25) is 0 Å². The molecule has 0 aliphatic rings. The average Bonchev–Trinajstić information content (AvgIpc) is 2.11. The molecule has 82 valence electrons. The van der Waals surface area contributed by atoms with Gasteiger partial charge < -0.3 is 5.73 Å². The fourth-order valence-corrected chi connectivity index (χ4v) is 1.45. The molecule has 0 saturated heterocycles. The summed E-state index contributed by atoms with van der Waals surface area (Å²) < 4.78 is 26.1. The van der Waals surface area contributed by atoms with E-state index in [1.165, 1.54) is 6.07 Å². The van der Waals surface area contributed by atoms with Crippen molar-refractivity contribution in [3.63, 3.8) is 0 Å². The summed E-state index contributed by atoms with van der Waals surface area (Å²) in [4.78, 5) is 0. The van der Waals surface area contributed by atoms with Gasteiger partial charge in [0, 0.05) is 6.04 Å². The molecule has 15 heavy (non-hydrogen) atoms. The second kappa shape index (κ2) is 5.03. The smallest absolute Gasteiger partial charge is 0.162 e. The minimum Gasteiger partial charge on any atom is -0.324 e. The van der Waals surface area contributed by atoms with E-state index < -0.39 is 11.6 Å². The number of allylic oxidation sites excluding steroid dienone is 1. The first kappa shape index (κ1) is 11.9. The van der Waals surface area contributed by atoms with E-state index in [2.05, 4.69) is 0 Å². The summed E-state index contributed by atoms with van der Waals surface area (Å²) in [5.74, 6) is -1.62. The van der Waals surface area contributed by atoms with E-state index in [1.54, 1.807) is 6.07 Å². The third-order valence-corrected chi connectivity index (χ3v) is 2.03. The standard InChI is InChI=1S/C12H15F2N/c1-8(2)6-10(15)7-9-4-3-5-11(13)12(9)14/h3-6,10H,7,15H2,1-2H3. The Kier molecular flexibility index (Phi) is 3.97. The third kappa shape index (κ3) is 3.44. The fraction of sp³-hybridized carbons (Fsp3) is 0.333. The van der Waals surface area contributed by atoms with Crippen LogP contribution in [0.3, 0.4) is 0 Å². The van der Waals surface area contributed by atoms with E-state index in [1.807, 2.05) is 19.9 Å². The lowest BCUT2D eigenvalue weighted by molar-refractivity contribution is 0.496. The molecule has 0 spiro atoms. The van der Waals surface area contributed by atoms with Gasteiger partial charge in [-0.15, -0.1) is 0 Å². The first-order chi connectivity index (χ1) is 7.00. The fourth-order valence-electron chi connectivity index (χ4n) is 1.45. The quantitative estimate of drug-likeness (QED) is 0.764. The van der Waals surface area contributed by atoms with E-state index >= 15 is 0 Å². The van der Waals surface area contributed by atoms with Crippen LogP contribution in [0.5, 0.6) is 0 Å². The maximum Gasteiger partial charge on any atom is 0.162 e. The van der Waals surface area contributed by atoms with Crippen LogP contribution < -0.4 is 5.73 Å². The van der Waals surface area contributed by atoms with E-state index in [4.69, 9.17) is 5.73 Å². The molecular weight excluding hydrogens is 196 g/mol. The highest BCUT2D eigenvalue weighted by atomic mass is 19.2. The van der Waals surface area contributed by atoms with Crippen LogP contribution in [-0.4, -0.2) is 6.04 Å². The van der Waals surface area contributed by atoms with Gasteiger partial charge in [-0.1, -0.05) is 23.8 Å². The topological polar surface area (TPSA) is 26.0 Å². The van der Waals surface area contributed by atoms with Gasteiger partial charge in [0.15, 0.2) is 11.6 Å². The number of hydrogen-bond donors (Lipinski definition) is 1. The summed E-state index contributed by atoms with van der Waals surface area (Å²) in [7, 11) is 0. The van der Waals surface area contributed by atoms with Crippen LogP contribution >= 0.6 is 0 Å². The van der Waals surface area contributed by atoms with E-state index in [9.17, 15) is 8.78 Å². The molecule has 0 amide bonds. The Morgan fingerprint density at radius 3 is 2.67 bits per heavy atom. The molecule has 0 aromatic heterocycles. The van der Waals surface area contributed by atoms with Gasteiger partial charge in [0.2, 0.25) is 0 Å². The summed E-state index contributed by atoms with van der Waals surface area (Å²) in [5.41, 5.74) is 7.15. The second-order valence-electron chi connectivity index (χ2n) is 3.82. The van der Waals surface area contributed by atoms with Crippen LogP contribution in [0.15, 0.2) is 29.8 Å². The normalized spacial score (nSPS) is 12.3. The minimum atomic E-state index is -0.822. The summed E-state index contributed by atoms with van der Waals surface area (Å²) in [6.45, 7) is 3.84. The van der Waals surface area contributed by atoms with Crippen molar-refractivity contribution >= 4 is 0 Å². The van der Waals surface area contributed by atoms with E-state index in [-0.39, 0.29) is 6.04 Å². The Hall–Kier alpha value is -1.22. The van der Waals surface area contributed by atoms with Crippen molar-refractivity contribution in [2.75, 3.05) is 0 Å². The highest BCUT2D eigenvalue weighted by Crippen LogP contribution is 2.13. The van der Waals surface area contributed by atoms with Crippen molar-refractivity contribution in [1.29, 1.82) is 0 Å². The molecule has 0 fully saturated rings. The van der Waals surface area contributed by atoms with Crippen molar-refractivity contribution in [2.24, 2.45) is 5.73 Å². The molecule has 0 radical (unpaired) electrons. The molecule has 3 heteroatoms. The zero-order valence-corrected chi connectivity index (χ0v) is 8.93. The van der Waals surface area contributed by atoms with Gasteiger partial charge in [0.1, 0.15) is 0 Å². The van der Waals surface area contributed by atoms with E-state index in [0.29, 0.717) is 12.0 Å². The molecule has 0 bridgehead atoms. The Bertz CT molecular complexity index is 368. The molecule has 1 nitrogen and oxygen atoms in total. The first-order valence-electron chi connectivity index (χ1n) is 4.84. The largest absolute Gasteiger partial charge is 0.324 e. The summed E-state index contributed by atoms with van der Waals surface area (Å²) in [5, 5.41) is 0. The zero-order valence-electron chi connectivity index (χ0n) is 8.93. The van der Waals surface area contributed by atoms with Gasteiger partial charge in [0.25, 0.3) is 0 Å². The van der Waals surface area contributed by atoms with Gasteiger partial charge in [-0.2, -0.15) is 0 Å². The minimum absolute atomic E-state index is 0.272. The van der Waals surface area contributed by atoms with Gasteiger partial charge in [0.05, 0.1) is 0 Å². The Labute approximate surface area is 88.6 Å². The van der Waals surface area contributed by atoms with Gasteiger partial charge in [-0.05, 0) is 31.9 Å². The van der Waals surface area contributed by atoms with Crippen molar-refractivity contribution in [1.82, 2.24) is 0 Å². The van der Waals surface area contributed by atoms with Crippen molar-refractivity contribution < 1.29 is 8.78 Å². The highest BCUT2D eigenvalue weighted by Gasteiger charge is 2.09. The van der Waals surface area contributed by atoms with Crippen molar-refractivity contribution in [3.8, 4) is 0 Å². The second-order valence-corrected chi connectivity index (χ2v) is 3.82. The summed E-state index contributed by atoms with van der Waals surface area (Å²) in [6, 6.07) is 3.87. The first-order valence-corrected chi connectivity index (χ1v) is 4.84. The van der Waals surface area contributed by atoms with Crippen LogP contribution in [0, 0.1) is 11.6 Å². The maximum atomic E-state index is 13.2. The number of rotatable bonds is 3. The Morgan fingerprint density at radius 2 is 2.07 bits per heavy atom. The van der Waals surface area contributed by atoms with Crippen LogP contribution in [0.1, 0.15) is 19.4 Å². The predicted octanol–water partition coefficient (Wildman–Crippen LogP) is 2.80. The number of halogens is 2. The van der Waals surface area contributed by atoms with Crippen LogP contribution in [-0.2, 0) is 6.42 Å². The molecule has 1 aromatic carbocycles. The number of hydrogen-bond acceptors (Lipinski definition) is 1. The SMILES string of the molecule is CC(C)=CC(N)Cc1cccc(F)c1F. The van der Waals surface area contributed by atoms with Crippen molar-refractivity contribution in [2.45, 2.75) is 26.3 Å². The zero-order chi connectivity index (χ0) is 11.4. The summed E-state index contributed by atoms with van der Waals surface area (Å²) in [6.07, 6.45) is 2.15. The molecular formula is C12H15F2N. The van der Waals surface area contributed by atoms with Crippen LogP contribution in [0.25, 0.3) is 0 Å². The molecule has 2 N–H and O–H groups in total. The van der Waals surface area contributed by atoms with Crippen LogP contribution in [0.2, 0.25) is 0 Å². The molecule has 0 aliphatic heterocycles. The maximum absolute atomic E-state index is 13.2. The van der Waals surface area contributed by atoms with E-state index in [0.717, 1.165) is 11.6 Å². The van der Waals surface area contributed by atoms with Gasteiger partial charge >= 0.3 is 0 Å². The molecule has 1 unspecified atom stereocenters. The lowest BCUT2D eigenvalue weighted by atomic mass is 10.0. The van der Waals surface area contributed by atoms with Crippen molar-refractivity contribution in [3.05, 3.63) is 47.0 Å². The number of nitrogens with two attached hydrogens (primary N) is 1. The number of benzene rings is 1. The Balaban J connectivity index is 2.81. The molecule has 1 atom stereocenters. The molecule has 0 aliphatic carbocycles. The molecule has 1 aromatic rings. The predicted molar refractivity (Wildman–Crippen MR) is 57.5 cm³/mol. The van der Waals surface area contributed by atoms with Crippen LogP contribution in [0.4, 0.5) is 8.78 Å². The van der Waals surface area contributed by atoms with Gasteiger partial charge in [-0.25, -0.2) is 8.78 Å². The lowest BCUT2D eigenvalue weighted by Gasteiger charge is -2.08. The third-order valence-electron chi connectivity index (χ3n) is 2.03. The molecule has 0 saturated carbocycles. The molecule has 0 heterocycles. The average molecular weight is 211 g/mol.